The lowest BCUT2D eigenvalue weighted by Gasteiger charge is -2.35. The monoisotopic (exact) mass is 370 g/mol. The molecule has 2 atom stereocenters. The number of morpholine rings is 1. The Labute approximate surface area is 157 Å². The van der Waals surface area contributed by atoms with Crippen molar-refractivity contribution in [2.45, 2.75) is 12.2 Å². The second-order valence-corrected chi connectivity index (χ2v) is 6.17. The summed E-state index contributed by atoms with van der Waals surface area (Å²) in [6.45, 7) is 2.91. The molecule has 1 N–H and O–H groups in total. The first-order valence-corrected chi connectivity index (χ1v) is 8.81. The third kappa shape index (κ3) is 3.63. The van der Waals surface area contributed by atoms with E-state index < -0.39 is 0 Å². The van der Waals surface area contributed by atoms with Crippen molar-refractivity contribution in [3.63, 3.8) is 0 Å². The van der Waals surface area contributed by atoms with Crippen LogP contribution < -0.4 is 14.8 Å². The van der Waals surface area contributed by atoms with E-state index >= 15 is 0 Å². The SMILES string of the molecule is COc1ccc(NC2=N[C@@H]3N=CC=N[C@@H]3C(N3CCOCC3)=N2)c(OC)c1. The fraction of sp³-hybridized carbons (Fsp3) is 0.444. The lowest BCUT2D eigenvalue weighted by atomic mass is 10.1. The van der Waals surface area contributed by atoms with Gasteiger partial charge in [-0.3, -0.25) is 9.98 Å². The normalized spacial score (nSPS) is 24.0. The Balaban J connectivity index is 1.63. The first-order chi connectivity index (χ1) is 13.3. The van der Waals surface area contributed by atoms with Gasteiger partial charge in [0, 0.05) is 31.6 Å². The molecule has 3 aliphatic heterocycles. The average Bonchev–Trinajstić information content (AvgIpc) is 2.74. The maximum atomic E-state index is 5.46. The molecule has 0 aromatic heterocycles. The summed E-state index contributed by atoms with van der Waals surface area (Å²) >= 11 is 0. The Hall–Kier alpha value is -2.94. The first kappa shape index (κ1) is 17.5. The number of nitrogens with one attached hydrogen (secondary N) is 1. The second kappa shape index (κ2) is 7.75. The lowest BCUT2D eigenvalue weighted by molar-refractivity contribution is 0.0665. The zero-order valence-corrected chi connectivity index (χ0v) is 15.3. The summed E-state index contributed by atoms with van der Waals surface area (Å²) in [5, 5.41) is 3.25. The van der Waals surface area contributed by atoms with Crippen LogP contribution in [0, 0.1) is 0 Å². The van der Waals surface area contributed by atoms with E-state index in [-0.39, 0.29) is 12.2 Å². The Bertz CT molecular complexity index is 813. The van der Waals surface area contributed by atoms with Gasteiger partial charge in [0.15, 0.2) is 6.17 Å². The van der Waals surface area contributed by atoms with E-state index in [1.54, 1.807) is 26.6 Å². The number of ether oxygens (including phenoxy) is 3. The van der Waals surface area contributed by atoms with Gasteiger partial charge in [0.25, 0.3) is 0 Å². The molecule has 9 heteroatoms. The van der Waals surface area contributed by atoms with E-state index in [9.17, 15) is 0 Å². The number of fused-ring (bicyclic) bond motifs is 1. The van der Waals surface area contributed by atoms with Crippen LogP contribution in [0.25, 0.3) is 0 Å². The molecule has 0 saturated carbocycles. The van der Waals surface area contributed by atoms with E-state index in [1.165, 1.54) is 0 Å². The lowest BCUT2D eigenvalue weighted by Crippen LogP contribution is -2.51. The van der Waals surface area contributed by atoms with Crippen molar-refractivity contribution in [1.29, 1.82) is 0 Å². The average molecular weight is 370 g/mol. The summed E-state index contributed by atoms with van der Waals surface area (Å²) in [5.41, 5.74) is 0.754. The molecule has 9 nitrogen and oxygen atoms in total. The van der Waals surface area contributed by atoms with Crippen LogP contribution in [0.2, 0.25) is 0 Å². The molecule has 1 aromatic carbocycles. The highest BCUT2D eigenvalue weighted by Gasteiger charge is 2.34. The molecule has 27 heavy (non-hydrogen) atoms. The highest BCUT2D eigenvalue weighted by molar-refractivity contribution is 6.18. The zero-order valence-electron chi connectivity index (χ0n) is 15.3. The number of hydrogen-bond acceptors (Lipinski definition) is 9. The Morgan fingerprint density at radius 2 is 1.93 bits per heavy atom. The molecule has 1 aromatic rings. The Kier molecular flexibility index (Phi) is 5.01. The van der Waals surface area contributed by atoms with Gasteiger partial charge in [-0.25, -0.2) is 4.99 Å². The van der Waals surface area contributed by atoms with Crippen molar-refractivity contribution in [3.8, 4) is 11.5 Å². The molecule has 3 aliphatic rings. The minimum atomic E-state index is -0.322. The highest BCUT2D eigenvalue weighted by Crippen LogP contribution is 2.30. The largest absolute Gasteiger partial charge is 0.497 e. The summed E-state index contributed by atoms with van der Waals surface area (Å²) in [7, 11) is 3.23. The minimum absolute atomic E-state index is 0.198. The van der Waals surface area contributed by atoms with Crippen molar-refractivity contribution in [2.75, 3.05) is 45.8 Å². The van der Waals surface area contributed by atoms with Gasteiger partial charge < -0.3 is 24.4 Å². The maximum absolute atomic E-state index is 5.46. The minimum Gasteiger partial charge on any atom is -0.497 e. The number of anilines is 1. The van der Waals surface area contributed by atoms with E-state index in [0.717, 1.165) is 24.6 Å². The van der Waals surface area contributed by atoms with Gasteiger partial charge in [-0.15, -0.1) is 0 Å². The molecule has 0 radical (unpaired) electrons. The predicted octanol–water partition coefficient (Wildman–Crippen LogP) is 1.07. The van der Waals surface area contributed by atoms with Crippen molar-refractivity contribution in [2.24, 2.45) is 20.0 Å². The third-order valence-corrected chi connectivity index (χ3v) is 4.56. The molecule has 1 saturated heterocycles. The van der Waals surface area contributed by atoms with E-state index in [4.69, 9.17) is 19.2 Å². The molecule has 0 spiro atoms. The standard InChI is InChI=1S/C18H22N6O3/c1-25-12-3-4-13(14(11-12)26-2)21-18-22-16-15(19-5-6-20-16)17(23-18)24-7-9-27-10-8-24/h3-6,11,15-16H,7-10H2,1-2H3,(H,21,22)/t15-,16-/m0/s1. The van der Waals surface area contributed by atoms with Crippen molar-refractivity contribution >= 4 is 29.9 Å². The highest BCUT2D eigenvalue weighted by atomic mass is 16.5. The number of methoxy groups -OCH3 is 2. The number of guanidine groups is 1. The fourth-order valence-electron chi connectivity index (χ4n) is 3.18. The van der Waals surface area contributed by atoms with Gasteiger partial charge in [-0.2, -0.15) is 4.99 Å². The van der Waals surface area contributed by atoms with Crippen LogP contribution in [0.15, 0.2) is 38.2 Å². The van der Waals surface area contributed by atoms with Crippen LogP contribution >= 0.6 is 0 Å². The van der Waals surface area contributed by atoms with Crippen molar-refractivity contribution < 1.29 is 14.2 Å². The van der Waals surface area contributed by atoms with E-state index in [0.29, 0.717) is 30.7 Å². The first-order valence-electron chi connectivity index (χ1n) is 8.81. The van der Waals surface area contributed by atoms with E-state index in [1.807, 2.05) is 18.2 Å². The number of benzene rings is 1. The zero-order chi connectivity index (χ0) is 18.6. The quantitative estimate of drug-likeness (QED) is 0.859. The number of aliphatic imine (C=N–C) groups is 4. The number of rotatable bonds is 3. The van der Waals surface area contributed by atoms with Crippen LogP contribution in [0.3, 0.4) is 0 Å². The van der Waals surface area contributed by atoms with Gasteiger partial charge in [0.2, 0.25) is 5.96 Å². The topological polar surface area (TPSA) is 92.4 Å². The molecule has 0 amide bonds. The van der Waals surface area contributed by atoms with Crippen LogP contribution in [0.4, 0.5) is 5.69 Å². The summed E-state index contributed by atoms with van der Waals surface area (Å²) in [6.07, 6.45) is 3.06. The Morgan fingerprint density at radius 1 is 1.11 bits per heavy atom. The number of nitrogens with zero attached hydrogens (tertiary/aromatic N) is 5. The molecule has 142 valence electrons. The second-order valence-electron chi connectivity index (χ2n) is 6.17. The molecular weight excluding hydrogens is 348 g/mol. The molecular formula is C18H22N6O3. The van der Waals surface area contributed by atoms with Gasteiger partial charge in [0.05, 0.1) is 33.1 Å². The number of amidine groups is 1. The predicted molar refractivity (Wildman–Crippen MR) is 105 cm³/mol. The van der Waals surface area contributed by atoms with Crippen LogP contribution in [0.5, 0.6) is 11.5 Å². The Morgan fingerprint density at radius 3 is 2.70 bits per heavy atom. The van der Waals surface area contributed by atoms with Crippen molar-refractivity contribution in [1.82, 2.24) is 4.90 Å². The van der Waals surface area contributed by atoms with Gasteiger partial charge in [-0.1, -0.05) is 0 Å². The molecule has 1 fully saturated rings. The molecule has 3 heterocycles. The van der Waals surface area contributed by atoms with Gasteiger partial charge >= 0.3 is 0 Å². The van der Waals surface area contributed by atoms with Gasteiger partial charge in [0.1, 0.15) is 23.4 Å². The van der Waals surface area contributed by atoms with Crippen LogP contribution in [-0.2, 0) is 4.74 Å². The molecule has 0 unspecified atom stereocenters. The summed E-state index contributed by atoms with van der Waals surface area (Å²) < 4.78 is 16.2. The van der Waals surface area contributed by atoms with Crippen LogP contribution in [-0.4, -0.2) is 81.9 Å². The van der Waals surface area contributed by atoms with E-state index in [2.05, 4.69) is 25.2 Å². The number of hydrogen-bond donors (Lipinski definition) is 1. The third-order valence-electron chi connectivity index (χ3n) is 4.56. The summed E-state index contributed by atoms with van der Waals surface area (Å²) in [6, 6.07) is 5.34. The summed E-state index contributed by atoms with van der Waals surface area (Å²) in [4.78, 5) is 20.6. The van der Waals surface area contributed by atoms with Crippen molar-refractivity contribution in [3.05, 3.63) is 18.2 Å². The van der Waals surface area contributed by atoms with Gasteiger partial charge in [-0.05, 0) is 12.1 Å². The molecule has 0 aliphatic carbocycles. The molecule has 4 rings (SSSR count). The fourth-order valence-corrected chi connectivity index (χ4v) is 3.18. The summed E-state index contributed by atoms with van der Waals surface area (Å²) in [5.74, 6) is 2.70. The smallest absolute Gasteiger partial charge is 0.226 e. The van der Waals surface area contributed by atoms with Crippen LogP contribution in [0.1, 0.15) is 0 Å². The molecule has 0 bridgehead atoms. The maximum Gasteiger partial charge on any atom is 0.226 e.